The van der Waals surface area contributed by atoms with Crippen LogP contribution in [0.4, 0.5) is 11.4 Å². The average molecular weight is 293 g/mol. The fourth-order valence-corrected chi connectivity index (χ4v) is 1.75. The van der Waals surface area contributed by atoms with Crippen molar-refractivity contribution in [2.75, 3.05) is 31.2 Å². The number of nitrogens with one attached hydrogen (secondary N) is 2. The number of esters is 1. The topological polar surface area (TPSA) is 93.4 Å². The molecule has 1 rings (SSSR count). The van der Waals surface area contributed by atoms with E-state index in [0.29, 0.717) is 42.4 Å². The van der Waals surface area contributed by atoms with Crippen LogP contribution in [0.15, 0.2) is 18.2 Å². The lowest BCUT2D eigenvalue weighted by atomic mass is 10.1. The number of carbonyl (C=O) groups excluding carboxylic acids is 2. The summed E-state index contributed by atoms with van der Waals surface area (Å²) < 4.78 is 4.71. The van der Waals surface area contributed by atoms with Gasteiger partial charge in [-0.1, -0.05) is 19.9 Å². The Balaban J connectivity index is 2.59. The molecule has 0 fully saturated rings. The van der Waals surface area contributed by atoms with Gasteiger partial charge < -0.3 is 21.1 Å². The molecule has 21 heavy (non-hydrogen) atoms. The lowest BCUT2D eigenvalue weighted by Crippen LogP contribution is -2.28. The molecule has 4 N–H and O–H groups in total. The van der Waals surface area contributed by atoms with Crippen molar-refractivity contribution < 1.29 is 14.3 Å². The van der Waals surface area contributed by atoms with Crippen molar-refractivity contribution in [2.45, 2.75) is 20.3 Å². The third-order valence-corrected chi connectivity index (χ3v) is 2.86. The lowest BCUT2D eigenvalue weighted by molar-refractivity contribution is -0.120. The summed E-state index contributed by atoms with van der Waals surface area (Å²) in [4.78, 5) is 23.3. The van der Waals surface area contributed by atoms with Crippen LogP contribution in [0.25, 0.3) is 0 Å². The van der Waals surface area contributed by atoms with Crippen LogP contribution >= 0.6 is 0 Å². The van der Waals surface area contributed by atoms with Crippen LogP contribution in [-0.4, -0.2) is 32.1 Å². The largest absolute Gasteiger partial charge is 0.465 e. The van der Waals surface area contributed by atoms with Crippen molar-refractivity contribution in [3.63, 3.8) is 0 Å². The van der Waals surface area contributed by atoms with Crippen LogP contribution in [0.2, 0.25) is 0 Å². The van der Waals surface area contributed by atoms with E-state index in [1.807, 2.05) is 13.8 Å². The molecule has 6 heteroatoms. The summed E-state index contributed by atoms with van der Waals surface area (Å²) in [6.45, 7) is 5.11. The minimum absolute atomic E-state index is 0.0367. The van der Waals surface area contributed by atoms with Gasteiger partial charge in [0.1, 0.15) is 0 Å². The Bertz CT molecular complexity index is 501. The van der Waals surface area contributed by atoms with Crippen LogP contribution in [0.5, 0.6) is 0 Å². The maximum Gasteiger partial charge on any atom is 0.340 e. The zero-order chi connectivity index (χ0) is 15.8. The van der Waals surface area contributed by atoms with Crippen LogP contribution in [0.1, 0.15) is 30.6 Å². The maximum absolute atomic E-state index is 11.7. The third-order valence-electron chi connectivity index (χ3n) is 2.86. The molecule has 0 saturated heterocycles. The fraction of sp³-hybridized carbons (Fsp3) is 0.467. The first-order chi connectivity index (χ1) is 9.95. The van der Waals surface area contributed by atoms with Gasteiger partial charge in [-0.25, -0.2) is 4.79 Å². The molecular formula is C15H23N3O3. The second-order valence-corrected chi connectivity index (χ2v) is 5.14. The van der Waals surface area contributed by atoms with Gasteiger partial charge in [0.05, 0.1) is 24.0 Å². The summed E-state index contributed by atoms with van der Waals surface area (Å²) >= 11 is 0. The minimum Gasteiger partial charge on any atom is -0.465 e. The summed E-state index contributed by atoms with van der Waals surface area (Å²) in [5.74, 6) is -0.0861. The second kappa shape index (κ2) is 8.14. The highest BCUT2D eigenvalue weighted by Crippen LogP contribution is 2.24. The number of ether oxygens (including phenoxy) is 1. The molecule has 0 aliphatic heterocycles. The van der Waals surface area contributed by atoms with Crippen molar-refractivity contribution in [1.82, 2.24) is 5.32 Å². The molecule has 0 heterocycles. The first kappa shape index (κ1) is 16.8. The Morgan fingerprint density at radius 1 is 1.33 bits per heavy atom. The molecule has 6 nitrogen and oxygen atoms in total. The Morgan fingerprint density at radius 2 is 2.05 bits per heavy atom. The molecule has 0 aliphatic rings. The SMILES string of the molecule is COC(=O)c1cccc(N)c1NCCC(=O)NCC(C)C. The van der Waals surface area contributed by atoms with E-state index < -0.39 is 5.97 Å². The van der Waals surface area contributed by atoms with Gasteiger partial charge in [0.15, 0.2) is 0 Å². The highest BCUT2D eigenvalue weighted by atomic mass is 16.5. The molecule has 116 valence electrons. The summed E-state index contributed by atoms with van der Waals surface area (Å²) in [7, 11) is 1.31. The van der Waals surface area contributed by atoms with Crippen molar-refractivity contribution in [1.29, 1.82) is 0 Å². The first-order valence-electron chi connectivity index (χ1n) is 6.93. The van der Waals surface area contributed by atoms with Crippen molar-refractivity contribution in [2.24, 2.45) is 5.92 Å². The molecule has 0 bridgehead atoms. The monoisotopic (exact) mass is 293 g/mol. The number of carbonyl (C=O) groups is 2. The second-order valence-electron chi connectivity index (χ2n) is 5.14. The zero-order valence-corrected chi connectivity index (χ0v) is 12.7. The van der Waals surface area contributed by atoms with Gasteiger partial charge in [-0.3, -0.25) is 4.79 Å². The van der Waals surface area contributed by atoms with E-state index >= 15 is 0 Å². The molecule has 0 unspecified atom stereocenters. The van der Waals surface area contributed by atoms with Crippen molar-refractivity contribution in [3.05, 3.63) is 23.8 Å². The normalized spacial score (nSPS) is 10.3. The summed E-state index contributed by atoms with van der Waals surface area (Å²) in [5.41, 5.74) is 7.17. The summed E-state index contributed by atoms with van der Waals surface area (Å²) in [5, 5.41) is 5.86. The smallest absolute Gasteiger partial charge is 0.340 e. The predicted molar refractivity (Wildman–Crippen MR) is 83.1 cm³/mol. The maximum atomic E-state index is 11.7. The summed E-state index contributed by atoms with van der Waals surface area (Å²) in [6, 6.07) is 5.00. The van der Waals surface area contributed by atoms with Gasteiger partial charge in [0, 0.05) is 19.5 Å². The van der Waals surface area contributed by atoms with Gasteiger partial charge in [-0.05, 0) is 18.1 Å². The Kier molecular flexibility index (Phi) is 6.52. The van der Waals surface area contributed by atoms with Gasteiger partial charge in [-0.15, -0.1) is 0 Å². The van der Waals surface area contributed by atoms with Crippen LogP contribution in [0, 0.1) is 5.92 Å². The molecule has 0 spiro atoms. The molecule has 0 aliphatic carbocycles. The minimum atomic E-state index is -0.464. The quantitative estimate of drug-likeness (QED) is 0.525. The van der Waals surface area contributed by atoms with Crippen molar-refractivity contribution in [3.8, 4) is 0 Å². The lowest BCUT2D eigenvalue weighted by Gasteiger charge is -2.13. The molecule has 0 saturated carbocycles. The average Bonchev–Trinajstić information content (AvgIpc) is 2.45. The van der Waals surface area contributed by atoms with Gasteiger partial charge in [0.25, 0.3) is 0 Å². The molecule has 1 amide bonds. The number of methoxy groups -OCH3 is 1. The third kappa shape index (κ3) is 5.33. The number of hydrogen-bond donors (Lipinski definition) is 3. The van der Waals surface area contributed by atoms with E-state index in [-0.39, 0.29) is 5.91 Å². The number of benzene rings is 1. The molecule has 1 aromatic carbocycles. The Labute approximate surface area is 125 Å². The standard InChI is InChI=1S/C15H23N3O3/c1-10(2)9-18-13(19)7-8-17-14-11(15(20)21-3)5-4-6-12(14)16/h4-6,10,17H,7-9,16H2,1-3H3,(H,18,19). The van der Waals surface area contributed by atoms with E-state index in [9.17, 15) is 9.59 Å². The number of anilines is 2. The predicted octanol–water partition coefficient (Wildman–Crippen LogP) is 1.63. The van der Waals surface area contributed by atoms with Crippen LogP contribution < -0.4 is 16.4 Å². The molecule has 0 atom stereocenters. The number of nitrogen functional groups attached to an aromatic ring is 1. The highest BCUT2D eigenvalue weighted by Gasteiger charge is 2.14. The zero-order valence-electron chi connectivity index (χ0n) is 12.7. The number of hydrogen-bond acceptors (Lipinski definition) is 5. The van der Waals surface area contributed by atoms with Crippen LogP contribution in [0.3, 0.4) is 0 Å². The van der Waals surface area contributed by atoms with E-state index in [4.69, 9.17) is 10.5 Å². The van der Waals surface area contributed by atoms with E-state index in [1.165, 1.54) is 7.11 Å². The van der Waals surface area contributed by atoms with Gasteiger partial charge >= 0.3 is 5.97 Å². The van der Waals surface area contributed by atoms with Gasteiger partial charge in [-0.2, -0.15) is 0 Å². The van der Waals surface area contributed by atoms with E-state index in [0.717, 1.165) is 0 Å². The number of rotatable bonds is 7. The number of para-hydroxylation sites is 1. The van der Waals surface area contributed by atoms with Crippen molar-refractivity contribution >= 4 is 23.3 Å². The van der Waals surface area contributed by atoms with Gasteiger partial charge in [0.2, 0.25) is 5.91 Å². The Hall–Kier alpha value is -2.24. The Morgan fingerprint density at radius 3 is 2.67 bits per heavy atom. The molecule has 0 aromatic heterocycles. The van der Waals surface area contributed by atoms with Crippen LogP contribution in [-0.2, 0) is 9.53 Å². The molecular weight excluding hydrogens is 270 g/mol. The van der Waals surface area contributed by atoms with E-state index in [1.54, 1.807) is 18.2 Å². The number of amides is 1. The first-order valence-corrected chi connectivity index (χ1v) is 6.93. The number of nitrogens with two attached hydrogens (primary N) is 1. The van der Waals surface area contributed by atoms with E-state index in [2.05, 4.69) is 10.6 Å². The molecule has 0 radical (unpaired) electrons. The molecule has 1 aromatic rings. The highest BCUT2D eigenvalue weighted by molar-refractivity contribution is 5.98. The fourth-order valence-electron chi connectivity index (χ4n) is 1.75. The summed E-state index contributed by atoms with van der Waals surface area (Å²) in [6.07, 6.45) is 0.307.